The Balaban J connectivity index is 2.23. The molecule has 5 heteroatoms. The van der Waals surface area contributed by atoms with E-state index in [0.717, 1.165) is 11.1 Å². The second kappa shape index (κ2) is 7.54. The van der Waals surface area contributed by atoms with E-state index in [4.69, 9.17) is 15.2 Å². The summed E-state index contributed by atoms with van der Waals surface area (Å²) < 4.78 is 10.7. The van der Waals surface area contributed by atoms with Gasteiger partial charge in [0.15, 0.2) is 11.5 Å². The van der Waals surface area contributed by atoms with Crippen molar-refractivity contribution in [2.24, 2.45) is 11.7 Å². The molecule has 0 aliphatic rings. The number of hydrogen-bond donors (Lipinski definition) is 2. The number of hydrogen-bond acceptors (Lipinski definition) is 4. The number of phenols is 1. The number of methoxy groups -OCH3 is 2. The average Bonchev–Trinajstić information content (AvgIpc) is 2.55. The minimum Gasteiger partial charge on any atom is -0.508 e. The number of carbonyl (C=O) groups is 1. The number of benzene rings is 2. The molecule has 1 atom stereocenters. The molecular formula is C18H21NO4. The molecule has 23 heavy (non-hydrogen) atoms. The minimum atomic E-state index is -0.374. The summed E-state index contributed by atoms with van der Waals surface area (Å²) in [6.07, 6.45) is 0.951. The molecule has 0 aliphatic heterocycles. The lowest BCUT2D eigenvalue weighted by atomic mass is 9.91. The number of aromatic hydroxyl groups is 1. The number of ether oxygens (including phenoxy) is 2. The molecular weight excluding hydrogens is 294 g/mol. The number of primary amides is 1. The summed E-state index contributed by atoms with van der Waals surface area (Å²) in [4.78, 5) is 11.8. The molecule has 1 unspecified atom stereocenters. The summed E-state index contributed by atoms with van der Waals surface area (Å²) in [6.45, 7) is 0. The number of amides is 1. The fourth-order valence-electron chi connectivity index (χ4n) is 2.57. The zero-order valence-electron chi connectivity index (χ0n) is 13.3. The van der Waals surface area contributed by atoms with E-state index in [1.807, 2.05) is 18.2 Å². The first kappa shape index (κ1) is 16.7. The van der Waals surface area contributed by atoms with Crippen molar-refractivity contribution < 1.29 is 19.4 Å². The van der Waals surface area contributed by atoms with Crippen LogP contribution in [0.5, 0.6) is 17.2 Å². The van der Waals surface area contributed by atoms with Crippen LogP contribution in [0.25, 0.3) is 0 Å². The van der Waals surface area contributed by atoms with Crippen LogP contribution in [0.3, 0.4) is 0 Å². The van der Waals surface area contributed by atoms with Gasteiger partial charge in [0.2, 0.25) is 5.91 Å². The summed E-state index contributed by atoms with van der Waals surface area (Å²) in [6, 6.07) is 12.3. The summed E-state index contributed by atoms with van der Waals surface area (Å²) in [5.41, 5.74) is 7.37. The van der Waals surface area contributed by atoms with Gasteiger partial charge in [-0.25, -0.2) is 0 Å². The molecule has 2 rings (SSSR count). The van der Waals surface area contributed by atoms with E-state index in [2.05, 4.69) is 0 Å². The molecule has 0 heterocycles. The summed E-state index contributed by atoms with van der Waals surface area (Å²) >= 11 is 0. The molecule has 1 amide bonds. The van der Waals surface area contributed by atoms with Crippen molar-refractivity contribution in [2.45, 2.75) is 12.8 Å². The fourth-order valence-corrected chi connectivity index (χ4v) is 2.57. The summed E-state index contributed by atoms with van der Waals surface area (Å²) in [5.74, 6) is 0.687. The molecule has 0 aromatic heterocycles. The number of carbonyl (C=O) groups excluding carboxylic acids is 1. The van der Waals surface area contributed by atoms with Crippen LogP contribution in [0.4, 0.5) is 0 Å². The van der Waals surface area contributed by atoms with Crippen LogP contribution in [-0.4, -0.2) is 25.2 Å². The third-order valence-corrected chi connectivity index (χ3v) is 3.77. The second-order valence-corrected chi connectivity index (χ2v) is 5.33. The molecule has 0 saturated heterocycles. The Morgan fingerprint density at radius 3 is 2.35 bits per heavy atom. The maximum absolute atomic E-state index is 11.8. The molecule has 0 saturated carbocycles. The van der Waals surface area contributed by atoms with Gasteiger partial charge in [-0.1, -0.05) is 24.3 Å². The third kappa shape index (κ3) is 4.16. The molecule has 0 spiro atoms. The second-order valence-electron chi connectivity index (χ2n) is 5.33. The molecule has 122 valence electrons. The van der Waals surface area contributed by atoms with Crippen molar-refractivity contribution in [1.29, 1.82) is 0 Å². The largest absolute Gasteiger partial charge is 0.508 e. The number of phenolic OH excluding ortho intramolecular Hbond substituents is 1. The molecule has 0 fully saturated rings. The van der Waals surface area contributed by atoms with Gasteiger partial charge in [0.1, 0.15) is 5.75 Å². The van der Waals surface area contributed by atoms with E-state index < -0.39 is 0 Å². The first-order chi connectivity index (χ1) is 11.0. The van der Waals surface area contributed by atoms with Crippen molar-refractivity contribution in [3.05, 3.63) is 53.6 Å². The summed E-state index contributed by atoms with van der Waals surface area (Å²) in [5, 5.41) is 9.34. The Hall–Kier alpha value is -2.69. The van der Waals surface area contributed by atoms with E-state index in [-0.39, 0.29) is 17.6 Å². The fraction of sp³-hybridized carbons (Fsp3) is 0.278. The van der Waals surface area contributed by atoms with Crippen LogP contribution < -0.4 is 15.2 Å². The quantitative estimate of drug-likeness (QED) is 0.821. The zero-order valence-corrected chi connectivity index (χ0v) is 13.3. The lowest BCUT2D eigenvalue weighted by Crippen LogP contribution is -2.27. The van der Waals surface area contributed by atoms with Crippen molar-refractivity contribution >= 4 is 5.91 Å². The van der Waals surface area contributed by atoms with E-state index in [0.29, 0.717) is 24.3 Å². The molecule has 0 radical (unpaired) electrons. The smallest absolute Gasteiger partial charge is 0.221 e. The van der Waals surface area contributed by atoms with Gasteiger partial charge < -0.3 is 20.3 Å². The molecule has 5 nitrogen and oxygen atoms in total. The Bertz CT molecular complexity index is 667. The third-order valence-electron chi connectivity index (χ3n) is 3.77. The van der Waals surface area contributed by atoms with Crippen LogP contribution in [0, 0.1) is 5.92 Å². The summed E-state index contributed by atoms with van der Waals surface area (Å²) in [7, 11) is 3.14. The predicted molar refractivity (Wildman–Crippen MR) is 87.7 cm³/mol. The van der Waals surface area contributed by atoms with Gasteiger partial charge in [-0.3, -0.25) is 4.79 Å². The zero-order chi connectivity index (χ0) is 16.8. The van der Waals surface area contributed by atoms with Crippen LogP contribution in [0.15, 0.2) is 42.5 Å². The van der Waals surface area contributed by atoms with Gasteiger partial charge in [0.05, 0.1) is 14.2 Å². The van der Waals surface area contributed by atoms with E-state index in [9.17, 15) is 9.90 Å². The highest BCUT2D eigenvalue weighted by molar-refractivity contribution is 5.77. The molecule has 0 bridgehead atoms. The normalized spacial score (nSPS) is 11.7. The SMILES string of the molecule is COc1cccc(CC(Cc2ccc(O)cc2)C(N)=O)c1OC. The Kier molecular flexibility index (Phi) is 5.46. The monoisotopic (exact) mass is 315 g/mol. The average molecular weight is 315 g/mol. The van der Waals surface area contributed by atoms with E-state index in [1.165, 1.54) is 0 Å². The van der Waals surface area contributed by atoms with Gasteiger partial charge in [0, 0.05) is 5.92 Å². The molecule has 2 aromatic rings. The van der Waals surface area contributed by atoms with Crippen LogP contribution in [-0.2, 0) is 17.6 Å². The topological polar surface area (TPSA) is 81.8 Å². The molecule has 0 aliphatic carbocycles. The van der Waals surface area contributed by atoms with Gasteiger partial charge >= 0.3 is 0 Å². The minimum absolute atomic E-state index is 0.193. The van der Waals surface area contributed by atoms with Gasteiger partial charge in [0.25, 0.3) is 0 Å². The van der Waals surface area contributed by atoms with Crippen LogP contribution >= 0.6 is 0 Å². The standard InChI is InChI=1S/C18H21NO4/c1-22-16-5-3-4-13(17(16)23-2)11-14(18(19)21)10-12-6-8-15(20)9-7-12/h3-9,14,20H,10-11H2,1-2H3,(H2,19,21). The van der Waals surface area contributed by atoms with Crippen molar-refractivity contribution in [2.75, 3.05) is 14.2 Å². The van der Waals surface area contributed by atoms with Gasteiger partial charge in [-0.15, -0.1) is 0 Å². The van der Waals surface area contributed by atoms with Crippen molar-refractivity contribution in [3.8, 4) is 17.2 Å². The number of rotatable bonds is 7. The van der Waals surface area contributed by atoms with Crippen LogP contribution in [0.1, 0.15) is 11.1 Å². The lowest BCUT2D eigenvalue weighted by molar-refractivity contribution is -0.121. The highest BCUT2D eigenvalue weighted by atomic mass is 16.5. The number of para-hydroxylation sites is 1. The van der Waals surface area contributed by atoms with Crippen molar-refractivity contribution in [3.63, 3.8) is 0 Å². The molecule has 2 aromatic carbocycles. The predicted octanol–water partition coefficient (Wildman–Crippen LogP) is 2.30. The number of nitrogens with two attached hydrogens (primary N) is 1. The first-order valence-corrected chi connectivity index (χ1v) is 7.32. The Morgan fingerprint density at radius 2 is 1.78 bits per heavy atom. The maximum atomic E-state index is 11.8. The van der Waals surface area contributed by atoms with Gasteiger partial charge in [-0.05, 0) is 42.2 Å². The lowest BCUT2D eigenvalue weighted by Gasteiger charge is -2.17. The highest BCUT2D eigenvalue weighted by Crippen LogP contribution is 2.32. The van der Waals surface area contributed by atoms with Gasteiger partial charge in [-0.2, -0.15) is 0 Å². The molecule has 3 N–H and O–H groups in total. The Morgan fingerprint density at radius 1 is 1.09 bits per heavy atom. The van der Waals surface area contributed by atoms with Crippen LogP contribution in [0.2, 0.25) is 0 Å². The van der Waals surface area contributed by atoms with Crippen molar-refractivity contribution in [1.82, 2.24) is 0 Å². The van der Waals surface area contributed by atoms with E-state index >= 15 is 0 Å². The highest BCUT2D eigenvalue weighted by Gasteiger charge is 2.20. The van der Waals surface area contributed by atoms with E-state index in [1.54, 1.807) is 38.5 Å². The first-order valence-electron chi connectivity index (χ1n) is 7.32. The maximum Gasteiger partial charge on any atom is 0.221 e. The Labute approximate surface area is 135 Å².